The zero-order valence-electron chi connectivity index (χ0n) is 24.3. The Balaban J connectivity index is 1.55. The van der Waals surface area contributed by atoms with Crippen LogP contribution >= 0.6 is 11.6 Å². The summed E-state index contributed by atoms with van der Waals surface area (Å²) in [5.41, 5.74) is -1.50. The molecule has 0 bridgehead atoms. The van der Waals surface area contributed by atoms with E-state index >= 15 is 0 Å². The standard InChI is InChI=1S/C29H35ClF3N5O5/c1-16-9-12-37(25(16)39)14-21-23-17(10-13-38(21)26(40)18-6-4-5-11-28(18,2)27(41)42)19(30)7-8-22(23)43-15-20-24(29(31,32)33)36(3)35-34-20/h7-8,16,18,21H,4-6,9-15H2,1-3H3,(H,41,42)/t16?,18?,21-,28-/m1/s1. The molecular formula is C29H35ClF3N5O5. The summed E-state index contributed by atoms with van der Waals surface area (Å²) in [5, 5.41) is 17.7. The molecule has 5 rings (SSSR count). The SMILES string of the molecule is CC1CCN(C[C@@H]2c3c(OCc4nnn(C)c4C(F)(F)F)ccc(Cl)c3CCN2C(=O)C2CCCC[C@@]2(C)C(=O)O)C1=O. The van der Waals surface area contributed by atoms with E-state index in [0.29, 0.717) is 59.5 Å². The summed E-state index contributed by atoms with van der Waals surface area (Å²) in [7, 11) is 1.15. The zero-order chi connectivity index (χ0) is 31.3. The van der Waals surface area contributed by atoms with E-state index in [0.717, 1.165) is 13.5 Å². The molecule has 1 saturated heterocycles. The van der Waals surface area contributed by atoms with Crippen LogP contribution in [0.2, 0.25) is 5.02 Å². The van der Waals surface area contributed by atoms with Gasteiger partial charge in [-0.3, -0.25) is 14.4 Å². The van der Waals surface area contributed by atoms with E-state index in [-0.39, 0.29) is 36.6 Å². The topological polar surface area (TPSA) is 118 Å². The highest BCUT2D eigenvalue weighted by atomic mass is 35.5. The minimum atomic E-state index is -4.70. The van der Waals surface area contributed by atoms with Crippen molar-refractivity contribution in [3.63, 3.8) is 0 Å². The molecule has 14 heteroatoms. The molecule has 2 unspecified atom stereocenters. The highest BCUT2D eigenvalue weighted by Gasteiger charge is 2.50. The number of alkyl halides is 3. The molecule has 10 nitrogen and oxygen atoms in total. The zero-order valence-corrected chi connectivity index (χ0v) is 25.0. The second-order valence-corrected chi connectivity index (χ2v) is 12.4. The van der Waals surface area contributed by atoms with E-state index in [4.69, 9.17) is 16.3 Å². The number of hydrogen-bond acceptors (Lipinski definition) is 6. The van der Waals surface area contributed by atoms with Crippen molar-refractivity contribution in [2.24, 2.45) is 24.3 Å². The molecule has 1 aromatic carbocycles. The third-order valence-electron chi connectivity index (χ3n) is 9.34. The van der Waals surface area contributed by atoms with Gasteiger partial charge in [0.25, 0.3) is 0 Å². The molecular weight excluding hydrogens is 591 g/mol. The molecule has 1 saturated carbocycles. The quantitative estimate of drug-likeness (QED) is 0.476. The molecule has 2 amide bonds. The number of carbonyl (C=O) groups is 3. The van der Waals surface area contributed by atoms with E-state index in [2.05, 4.69) is 10.3 Å². The summed E-state index contributed by atoms with van der Waals surface area (Å²) in [6.45, 7) is 3.75. The summed E-state index contributed by atoms with van der Waals surface area (Å²) in [6, 6.07) is 2.39. The van der Waals surface area contributed by atoms with Crippen molar-refractivity contribution in [2.45, 2.75) is 71.2 Å². The van der Waals surface area contributed by atoms with Crippen LogP contribution < -0.4 is 4.74 Å². The number of nitrogens with zero attached hydrogens (tertiary/aromatic N) is 5. The third-order valence-corrected chi connectivity index (χ3v) is 9.69. The van der Waals surface area contributed by atoms with Crippen molar-refractivity contribution in [3.05, 3.63) is 39.7 Å². The largest absolute Gasteiger partial charge is 0.487 e. The molecule has 1 aliphatic carbocycles. The van der Waals surface area contributed by atoms with Crippen LogP contribution in [0.4, 0.5) is 13.2 Å². The van der Waals surface area contributed by atoms with Gasteiger partial charge in [0.1, 0.15) is 18.1 Å². The Bertz CT molecular complexity index is 1430. The first-order valence-corrected chi connectivity index (χ1v) is 14.8. The first-order valence-electron chi connectivity index (χ1n) is 14.5. The van der Waals surface area contributed by atoms with Gasteiger partial charge in [0.15, 0.2) is 5.69 Å². The molecule has 4 atom stereocenters. The van der Waals surface area contributed by atoms with Crippen LogP contribution in [-0.4, -0.2) is 67.3 Å². The lowest BCUT2D eigenvalue weighted by atomic mass is 9.66. The number of ether oxygens (including phenoxy) is 1. The van der Waals surface area contributed by atoms with Crippen molar-refractivity contribution in [2.75, 3.05) is 19.6 Å². The van der Waals surface area contributed by atoms with Crippen molar-refractivity contribution in [1.82, 2.24) is 24.8 Å². The maximum absolute atomic E-state index is 14.3. The molecule has 2 aromatic rings. The fraction of sp³-hybridized carbons (Fsp3) is 0.621. The number of rotatable bonds is 7. The summed E-state index contributed by atoms with van der Waals surface area (Å²) < 4.78 is 47.7. The van der Waals surface area contributed by atoms with Gasteiger partial charge in [-0.1, -0.05) is 36.6 Å². The van der Waals surface area contributed by atoms with Crippen molar-refractivity contribution in [3.8, 4) is 5.75 Å². The van der Waals surface area contributed by atoms with Gasteiger partial charge < -0.3 is 19.6 Å². The Morgan fingerprint density at radius 2 is 1.95 bits per heavy atom. The van der Waals surface area contributed by atoms with E-state index in [1.807, 2.05) is 6.92 Å². The van der Waals surface area contributed by atoms with Crippen LogP contribution in [0.5, 0.6) is 5.75 Å². The highest BCUT2D eigenvalue weighted by Crippen LogP contribution is 2.47. The number of carbonyl (C=O) groups excluding carboxylic acids is 2. The maximum Gasteiger partial charge on any atom is 0.435 e. The molecule has 43 heavy (non-hydrogen) atoms. The first-order chi connectivity index (χ1) is 20.2. The van der Waals surface area contributed by atoms with Crippen molar-refractivity contribution >= 4 is 29.4 Å². The fourth-order valence-corrected chi connectivity index (χ4v) is 7.08. The average Bonchev–Trinajstić information content (AvgIpc) is 3.49. The lowest BCUT2D eigenvalue weighted by Gasteiger charge is -2.45. The first kappa shape index (κ1) is 31.1. The molecule has 0 spiro atoms. The number of benzene rings is 1. The van der Waals surface area contributed by atoms with E-state index in [1.54, 1.807) is 28.9 Å². The number of fused-ring (bicyclic) bond motifs is 1. The Hall–Kier alpha value is -3.35. The fourth-order valence-electron chi connectivity index (χ4n) is 6.82. The molecule has 0 radical (unpaired) electrons. The minimum Gasteiger partial charge on any atom is -0.487 e. The molecule has 1 N–H and O–H groups in total. The van der Waals surface area contributed by atoms with Crippen LogP contribution in [0.15, 0.2) is 12.1 Å². The smallest absolute Gasteiger partial charge is 0.435 e. The third kappa shape index (κ3) is 5.67. The number of carboxylic acid groups (broad SMARTS) is 1. The van der Waals surface area contributed by atoms with Gasteiger partial charge in [-0.2, -0.15) is 13.2 Å². The monoisotopic (exact) mass is 625 g/mol. The summed E-state index contributed by atoms with van der Waals surface area (Å²) in [4.78, 5) is 43.0. The van der Waals surface area contributed by atoms with Gasteiger partial charge in [0.2, 0.25) is 11.8 Å². The van der Waals surface area contributed by atoms with Crippen LogP contribution in [0.1, 0.15) is 74.5 Å². The van der Waals surface area contributed by atoms with Gasteiger partial charge in [-0.15, -0.1) is 5.10 Å². The predicted octanol–water partition coefficient (Wildman–Crippen LogP) is 4.64. The maximum atomic E-state index is 14.3. The summed E-state index contributed by atoms with van der Waals surface area (Å²) in [6.07, 6.45) is -1.51. The molecule has 2 aliphatic heterocycles. The molecule has 234 valence electrons. The summed E-state index contributed by atoms with van der Waals surface area (Å²) >= 11 is 6.62. The van der Waals surface area contributed by atoms with Gasteiger partial charge >= 0.3 is 12.1 Å². The Kier molecular flexibility index (Phi) is 8.40. The minimum absolute atomic E-state index is 0.0635. The summed E-state index contributed by atoms with van der Waals surface area (Å²) in [5.74, 6) is -2.16. The van der Waals surface area contributed by atoms with E-state index in [9.17, 15) is 32.7 Å². The van der Waals surface area contributed by atoms with Gasteiger partial charge in [0.05, 0.1) is 17.4 Å². The normalized spacial score (nSPS) is 26.0. The van der Waals surface area contributed by atoms with Crippen molar-refractivity contribution in [1.29, 1.82) is 0 Å². The number of carboxylic acids is 1. The number of aromatic nitrogens is 3. The molecule has 1 aromatic heterocycles. The van der Waals surface area contributed by atoms with Gasteiger partial charge in [-0.05, 0) is 50.3 Å². The number of hydrogen-bond donors (Lipinski definition) is 1. The number of aryl methyl sites for hydroxylation is 1. The average molecular weight is 626 g/mol. The molecule has 3 aliphatic rings. The van der Waals surface area contributed by atoms with Crippen LogP contribution in [0.3, 0.4) is 0 Å². The number of amides is 2. The van der Waals surface area contributed by atoms with Gasteiger partial charge in [0, 0.05) is 43.2 Å². The lowest BCUT2D eigenvalue weighted by molar-refractivity contribution is -0.162. The van der Waals surface area contributed by atoms with Crippen LogP contribution in [0.25, 0.3) is 0 Å². The second-order valence-electron chi connectivity index (χ2n) is 12.0. The Morgan fingerprint density at radius 1 is 1.21 bits per heavy atom. The lowest BCUT2D eigenvalue weighted by Crippen LogP contribution is -2.52. The number of likely N-dealkylation sites (tertiary alicyclic amines) is 1. The van der Waals surface area contributed by atoms with E-state index < -0.39 is 47.5 Å². The number of halogens is 4. The van der Waals surface area contributed by atoms with Crippen LogP contribution in [0, 0.1) is 17.3 Å². The van der Waals surface area contributed by atoms with Gasteiger partial charge in [-0.25, -0.2) is 4.68 Å². The molecule has 2 fully saturated rings. The highest BCUT2D eigenvalue weighted by molar-refractivity contribution is 6.31. The number of aliphatic carboxylic acids is 1. The molecule has 3 heterocycles. The second kappa shape index (κ2) is 11.6. The van der Waals surface area contributed by atoms with Crippen molar-refractivity contribution < 1.29 is 37.4 Å². The van der Waals surface area contributed by atoms with Crippen LogP contribution in [-0.2, 0) is 40.6 Å². The van der Waals surface area contributed by atoms with E-state index in [1.165, 1.54) is 0 Å². The Labute approximate surface area is 252 Å². The predicted molar refractivity (Wildman–Crippen MR) is 148 cm³/mol. The Morgan fingerprint density at radius 3 is 2.60 bits per heavy atom.